The number of hydrogen-bond acceptors (Lipinski definition) is 5. The minimum atomic E-state index is 0.0605. The number of nitrogens with zero attached hydrogens (tertiary/aromatic N) is 2. The lowest BCUT2D eigenvalue weighted by Crippen LogP contribution is -2.52. The van der Waals surface area contributed by atoms with E-state index in [4.69, 9.17) is 4.74 Å². The third-order valence-corrected chi connectivity index (χ3v) is 5.96. The maximum Gasteiger partial charge on any atom is 0.189 e. The van der Waals surface area contributed by atoms with Crippen LogP contribution in [0, 0.1) is 0 Å². The Kier molecular flexibility index (Phi) is 7.02. The Morgan fingerprint density at radius 1 is 1.10 bits per heavy atom. The molecule has 2 N–H and O–H groups in total. The number of nitrogens with one attached hydrogen (secondary N) is 1. The topological polar surface area (TPSA) is 68.8 Å². The number of aliphatic hydroxyl groups is 1. The van der Waals surface area contributed by atoms with Crippen molar-refractivity contribution in [2.24, 2.45) is 0 Å². The van der Waals surface area contributed by atoms with Gasteiger partial charge in [-0.3, -0.25) is 14.6 Å². The number of aromatic amines is 1. The van der Waals surface area contributed by atoms with Crippen LogP contribution in [-0.2, 0) is 13.1 Å². The number of pyridine rings is 1. The van der Waals surface area contributed by atoms with Gasteiger partial charge >= 0.3 is 0 Å². The van der Waals surface area contributed by atoms with Crippen LogP contribution in [0.4, 0.5) is 0 Å². The van der Waals surface area contributed by atoms with Gasteiger partial charge in [0.1, 0.15) is 5.75 Å². The van der Waals surface area contributed by atoms with Crippen molar-refractivity contribution in [1.82, 2.24) is 14.8 Å². The van der Waals surface area contributed by atoms with Crippen molar-refractivity contribution < 1.29 is 9.84 Å². The number of fused-ring (bicyclic) bond motifs is 1. The van der Waals surface area contributed by atoms with E-state index in [9.17, 15) is 9.90 Å². The number of rotatable bonds is 8. The summed E-state index contributed by atoms with van der Waals surface area (Å²) >= 11 is 0. The number of piperazine rings is 1. The zero-order chi connectivity index (χ0) is 21.6. The third-order valence-electron chi connectivity index (χ3n) is 5.96. The lowest BCUT2D eigenvalue weighted by atomic mass is 10.1. The van der Waals surface area contributed by atoms with E-state index in [0.29, 0.717) is 13.2 Å². The van der Waals surface area contributed by atoms with Crippen LogP contribution in [-0.4, -0.2) is 58.8 Å². The Morgan fingerprint density at radius 2 is 1.90 bits per heavy atom. The monoisotopic (exact) mass is 421 g/mol. The van der Waals surface area contributed by atoms with Crippen LogP contribution in [0.5, 0.6) is 5.75 Å². The van der Waals surface area contributed by atoms with Gasteiger partial charge in [-0.1, -0.05) is 24.3 Å². The van der Waals surface area contributed by atoms with Gasteiger partial charge in [-0.2, -0.15) is 0 Å². The Hall–Kier alpha value is -2.67. The highest BCUT2D eigenvalue weighted by Gasteiger charge is 2.27. The summed E-state index contributed by atoms with van der Waals surface area (Å²) < 4.78 is 5.54. The number of aromatic nitrogens is 1. The molecule has 31 heavy (non-hydrogen) atoms. The van der Waals surface area contributed by atoms with Gasteiger partial charge in [0.05, 0.1) is 6.61 Å². The molecule has 1 aliphatic heterocycles. The number of aliphatic hydroxyl groups excluding tert-OH is 1. The summed E-state index contributed by atoms with van der Waals surface area (Å²) in [6, 6.07) is 17.9. The fourth-order valence-corrected chi connectivity index (χ4v) is 4.40. The molecule has 0 bridgehead atoms. The molecule has 6 nitrogen and oxygen atoms in total. The van der Waals surface area contributed by atoms with Gasteiger partial charge in [-0.15, -0.1) is 0 Å². The van der Waals surface area contributed by atoms with Gasteiger partial charge in [0, 0.05) is 68.0 Å². The molecule has 1 aromatic heterocycles. The normalized spacial score (nSPS) is 17.8. The minimum absolute atomic E-state index is 0.0605. The zero-order valence-corrected chi connectivity index (χ0v) is 18.1. The van der Waals surface area contributed by atoms with Crippen molar-refractivity contribution in [2.45, 2.75) is 32.5 Å². The van der Waals surface area contributed by atoms with E-state index in [1.807, 2.05) is 43.3 Å². The van der Waals surface area contributed by atoms with Gasteiger partial charge in [0.25, 0.3) is 0 Å². The Labute approximate surface area is 183 Å². The fraction of sp³-hybridized carbons (Fsp3) is 0.400. The largest absolute Gasteiger partial charge is 0.494 e. The molecule has 164 valence electrons. The quantitative estimate of drug-likeness (QED) is 0.585. The number of hydrogen-bond donors (Lipinski definition) is 2. The first kappa shape index (κ1) is 21.6. The molecule has 1 atom stereocenters. The van der Waals surface area contributed by atoms with Gasteiger partial charge in [-0.05, 0) is 43.2 Å². The second kappa shape index (κ2) is 10.1. The number of para-hydroxylation sites is 1. The van der Waals surface area contributed by atoms with Crippen LogP contribution in [0.1, 0.15) is 24.6 Å². The molecular weight excluding hydrogens is 390 g/mol. The highest BCUT2D eigenvalue weighted by molar-refractivity contribution is 5.78. The minimum Gasteiger partial charge on any atom is -0.494 e. The second-order valence-electron chi connectivity index (χ2n) is 8.15. The highest BCUT2D eigenvalue weighted by Crippen LogP contribution is 2.20. The Balaban J connectivity index is 1.42. The van der Waals surface area contributed by atoms with E-state index < -0.39 is 0 Å². The maximum absolute atomic E-state index is 12.4. The second-order valence-corrected chi connectivity index (χ2v) is 8.15. The van der Waals surface area contributed by atoms with E-state index in [1.165, 1.54) is 5.56 Å². The summed E-state index contributed by atoms with van der Waals surface area (Å²) in [6.07, 6.45) is 0.738. The average molecular weight is 422 g/mol. The summed E-state index contributed by atoms with van der Waals surface area (Å²) in [5, 5.41) is 10.3. The molecule has 2 heterocycles. The molecule has 6 heteroatoms. The van der Waals surface area contributed by atoms with Crippen molar-refractivity contribution in [1.29, 1.82) is 0 Å². The molecule has 0 aliphatic carbocycles. The average Bonchev–Trinajstić information content (AvgIpc) is 2.77. The molecule has 0 radical (unpaired) electrons. The molecular formula is C25H31N3O3. The molecule has 1 aliphatic rings. The summed E-state index contributed by atoms with van der Waals surface area (Å²) in [4.78, 5) is 20.7. The number of ether oxygens (including phenoxy) is 1. The summed E-state index contributed by atoms with van der Waals surface area (Å²) in [5.41, 5.74) is 3.13. The van der Waals surface area contributed by atoms with E-state index in [1.54, 1.807) is 6.07 Å². The SMILES string of the molecule is CCOc1ccc(CN2CCN(Cc3cc(=O)c4ccccc4[nH]3)CC2CCO)cc1. The molecule has 4 rings (SSSR count). The Bertz CT molecular complexity index is 1050. The van der Waals surface area contributed by atoms with Crippen LogP contribution in [0.15, 0.2) is 59.4 Å². The first-order valence-electron chi connectivity index (χ1n) is 11.1. The van der Waals surface area contributed by atoms with Gasteiger partial charge < -0.3 is 14.8 Å². The predicted octanol–water partition coefficient (Wildman–Crippen LogP) is 3.00. The van der Waals surface area contributed by atoms with E-state index in [0.717, 1.165) is 54.9 Å². The van der Waals surface area contributed by atoms with E-state index in [-0.39, 0.29) is 18.1 Å². The van der Waals surface area contributed by atoms with Crippen LogP contribution in [0.3, 0.4) is 0 Å². The molecule has 0 saturated carbocycles. The highest BCUT2D eigenvalue weighted by atomic mass is 16.5. The fourth-order valence-electron chi connectivity index (χ4n) is 4.40. The molecule has 0 amide bonds. The van der Waals surface area contributed by atoms with Gasteiger partial charge in [0.15, 0.2) is 5.43 Å². The lowest BCUT2D eigenvalue weighted by molar-refractivity contribution is 0.0494. The van der Waals surface area contributed by atoms with Crippen LogP contribution in [0.2, 0.25) is 0 Å². The van der Waals surface area contributed by atoms with Crippen LogP contribution in [0.25, 0.3) is 10.9 Å². The van der Waals surface area contributed by atoms with Crippen molar-refractivity contribution in [3.8, 4) is 5.75 Å². The van der Waals surface area contributed by atoms with Crippen molar-refractivity contribution in [2.75, 3.05) is 32.8 Å². The molecule has 1 fully saturated rings. The predicted molar refractivity (Wildman–Crippen MR) is 123 cm³/mol. The third kappa shape index (κ3) is 5.34. The smallest absolute Gasteiger partial charge is 0.189 e. The van der Waals surface area contributed by atoms with Crippen molar-refractivity contribution in [3.05, 3.63) is 76.1 Å². The van der Waals surface area contributed by atoms with Crippen LogP contribution >= 0.6 is 0 Å². The van der Waals surface area contributed by atoms with Crippen molar-refractivity contribution in [3.63, 3.8) is 0 Å². The summed E-state index contributed by atoms with van der Waals surface area (Å²) in [6.45, 7) is 7.11. The molecule has 1 unspecified atom stereocenters. The zero-order valence-electron chi connectivity index (χ0n) is 18.1. The maximum atomic E-state index is 12.4. The van der Waals surface area contributed by atoms with Crippen LogP contribution < -0.4 is 10.2 Å². The molecule has 1 saturated heterocycles. The van der Waals surface area contributed by atoms with E-state index in [2.05, 4.69) is 26.9 Å². The summed E-state index contributed by atoms with van der Waals surface area (Å²) in [7, 11) is 0. The molecule has 0 spiro atoms. The van der Waals surface area contributed by atoms with Gasteiger partial charge in [0.2, 0.25) is 0 Å². The number of benzene rings is 2. The standard InChI is InChI=1S/C25H31N3O3/c1-2-31-22-9-7-19(8-10-22)16-28-13-12-27(18-21(28)11-14-29)17-20-15-25(30)23-5-3-4-6-24(23)26-20/h3-10,15,21,29H,2,11-14,16-18H2,1H3,(H,26,30). The van der Waals surface area contributed by atoms with E-state index >= 15 is 0 Å². The first-order chi connectivity index (χ1) is 15.2. The molecule has 2 aromatic carbocycles. The number of H-pyrrole nitrogens is 1. The summed E-state index contributed by atoms with van der Waals surface area (Å²) in [5.74, 6) is 0.896. The molecule has 3 aromatic rings. The first-order valence-corrected chi connectivity index (χ1v) is 11.1. The lowest BCUT2D eigenvalue weighted by Gasteiger charge is -2.41. The van der Waals surface area contributed by atoms with Crippen molar-refractivity contribution >= 4 is 10.9 Å². The van der Waals surface area contributed by atoms with Gasteiger partial charge in [-0.25, -0.2) is 0 Å². The Morgan fingerprint density at radius 3 is 2.68 bits per heavy atom.